The fraction of sp³-hybridized carbons (Fsp3) is 0.364. The predicted octanol–water partition coefficient (Wildman–Crippen LogP) is 0.546. The molecule has 0 aromatic heterocycles. The van der Waals surface area contributed by atoms with E-state index in [1.54, 1.807) is 6.92 Å². The molecule has 0 N–H and O–H groups in total. The maximum atomic E-state index is 11.6. The van der Waals surface area contributed by atoms with Crippen LogP contribution in [0.4, 0.5) is 0 Å². The number of allylic oxidation sites excluding steroid dienone is 2. The number of ether oxygens (including phenoxy) is 2. The van der Waals surface area contributed by atoms with Gasteiger partial charge < -0.3 is 9.47 Å². The van der Waals surface area contributed by atoms with Gasteiger partial charge in [0.2, 0.25) is 5.78 Å². The Morgan fingerprint density at radius 2 is 2.19 bits per heavy atom. The minimum absolute atomic E-state index is 0.117. The standard InChI is InChI=1S/C11H12O5/c1-3-10(14)16-11(15-2)6-8(7-12)4-5-9(11)13/h4-7H,3H2,1-2H3. The summed E-state index contributed by atoms with van der Waals surface area (Å²) in [7, 11) is 1.24. The van der Waals surface area contributed by atoms with Crippen molar-refractivity contribution in [2.75, 3.05) is 7.11 Å². The minimum Gasteiger partial charge on any atom is -0.421 e. The van der Waals surface area contributed by atoms with Gasteiger partial charge in [0, 0.05) is 25.2 Å². The van der Waals surface area contributed by atoms with Gasteiger partial charge in [-0.3, -0.25) is 14.4 Å². The van der Waals surface area contributed by atoms with Crippen molar-refractivity contribution in [1.29, 1.82) is 0 Å². The number of hydrogen-bond donors (Lipinski definition) is 0. The third-order valence-electron chi connectivity index (χ3n) is 2.12. The van der Waals surface area contributed by atoms with Crippen LogP contribution in [-0.4, -0.2) is 30.9 Å². The number of ketones is 1. The average molecular weight is 224 g/mol. The molecule has 0 fully saturated rings. The van der Waals surface area contributed by atoms with E-state index in [1.807, 2.05) is 0 Å². The Morgan fingerprint density at radius 1 is 1.50 bits per heavy atom. The van der Waals surface area contributed by atoms with Gasteiger partial charge in [0.05, 0.1) is 0 Å². The number of carbonyl (C=O) groups is 3. The van der Waals surface area contributed by atoms with Crippen molar-refractivity contribution >= 4 is 18.0 Å². The summed E-state index contributed by atoms with van der Waals surface area (Å²) < 4.78 is 9.84. The summed E-state index contributed by atoms with van der Waals surface area (Å²) in [4.78, 5) is 33.4. The Kier molecular flexibility index (Phi) is 3.73. The SMILES string of the molecule is CCC(=O)OC1(OC)C=C(C=O)C=CC1=O. The van der Waals surface area contributed by atoms with Crippen LogP contribution in [0.1, 0.15) is 13.3 Å². The van der Waals surface area contributed by atoms with Gasteiger partial charge in [-0.25, -0.2) is 0 Å². The van der Waals surface area contributed by atoms with E-state index in [-0.39, 0.29) is 12.0 Å². The molecule has 0 amide bonds. The first-order chi connectivity index (χ1) is 7.57. The van der Waals surface area contributed by atoms with Gasteiger partial charge in [0.25, 0.3) is 5.79 Å². The zero-order chi connectivity index (χ0) is 12.2. The third kappa shape index (κ3) is 2.25. The summed E-state index contributed by atoms with van der Waals surface area (Å²) in [5.74, 6) is -2.90. The Bertz CT molecular complexity index is 380. The van der Waals surface area contributed by atoms with Crippen molar-refractivity contribution in [3.63, 3.8) is 0 Å². The quantitative estimate of drug-likeness (QED) is 0.396. The first-order valence-electron chi connectivity index (χ1n) is 4.75. The molecule has 0 heterocycles. The van der Waals surface area contributed by atoms with E-state index in [0.29, 0.717) is 6.29 Å². The number of rotatable bonds is 4. The molecule has 1 rings (SSSR count). The first-order valence-corrected chi connectivity index (χ1v) is 4.75. The third-order valence-corrected chi connectivity index (χ3v) is 2.12. The second-order valence-electron chi connectivity index (χ2n) is 3.16. The molecule has 5 nitrogen and oxygen atoms in total. The normalized spacial score (nSPS) is 23.9. The van der Waals surface area contributed by atoms with Crippen molar-refractivity contribution in [2.45, 2.75) is 19.1 Å². The summed E-state index contributed by atoms with van der Waals surface area (Å²) in [5.41, 5.74) is 0.227. The molecule has 0 saturated heterocycles. The zero-order valence-electron chi connectivity index (χ0n) is 9.06. The minimum atomic E-state index is -1.79. The molecule has 1 unspecified atom stereocenters. The molecule has 0 aromatic rings. The van der Waals surface area contributed by atoms with Crippen molar-refractivity contribution < 1.29 is 23.9 Å². The number of aldehydes is 1. The second kappa shape index (κ2) is 4.85. The van der Waals surface area contributed by atoms with Gasteiger partial charge in [-0.2, -0.15) is 0 Å². The molecular formula is C11H12O5. The maximum Gasteiger partial charge on any atom is 0.308 e. The van der Waals surface area contributed by atoms with Crippen LogP contribution in [0.3, 0.4) is 0 Å². The Hall–Kier alpha value is -1.75. The lowest BCUT2D eigenvalue weighted by Crippen LogP contribution is -2.44. The number of hydrogen-bond acceptors (Lipinski definition) is 5. The van der Waals surface area contributed by atoms with Gasteiger partial charge in [0.1, 0.15) is 6.29 Å². The molecule has 0 aliphatic heterocycles. The van der Waals surface area contributed by atoms with Gasteiger partial charge in [-0.1, -0.05) is 6.92 Å². The molecular weight excluding hydrogens is 212 g/mol. The molecule has 1 aliphatic rings. The Morgan fingerprint density at radius 3 is 2.69 bits per heavy atom. The van der Waals surface area contributed by atoms with Crippen LogP contribution in [0.15, 0.2) is 23.8 Å². The van der Waals surface area contributed by atoms with Crippen molar-refractivity contribution in [3.05, 3.63) is 23.8 Å². The fourth-order valence-electron chi connectivity index (χ4n) is 1.22. The van der Waals surface area contributed by atoms with Crippen LogP contribution in [0, 0.1) is 0 Å². The topological polar surface area (TPSA) is 69.7 Å². The highest BCUT2D eigenvalue weighted by Gasteiger charge is 2.41. The van der Waals surface area contributed by atoms with Gasteiger partial charge in [-0.15, -0.1) is 0 Å². The zero-order valence-corrected chi connectivity index (χ0v) is 9.06. The molecule has 86 valence electrons. The molecule has 0 radical (unpaired) electrons. The summed E-state index contributed by atoms with van der Waals surface area (Å²) in [6.07, 6.45) is 4.35. The Balaban J connectivity index is 3.05. The van der Waals surface area contributed by atoms with E-state index < -0.39 is 17.5 Å². The summed E-state index contributed by atoms with van der Waals surface area (Å²) >= 11 is 0. The van der Waals surface area contributed by atoms with Crippen LogP contribution in [0.25, 0.3) is 0 Å². The smallest absolute Gasteiger partial charge is 0.308 e. The van der Waals surface area contributed by atoms with Crippen molar-refractivity contribution in [2.24, 2.45) is 0 Å². The molecule has 16 heavy (non-hydrogen) atoms. The lowest BCUT2D eigenvalue weighted by Gasteiger charge is -2.28. The highest BCUT2D eigenvalue weighted by Crippen LogP contribution is 2.23. The van der Waals surface area contributed by atoms with Crippen molar-refractivity contribution in [3.8, 4) is 0 Å². The Labute approximate surface area is 92.7 Å². The van der Waals surface area contributed by atoms with E-state index in [0.717, 1.165) is 6.08 Å². The molecule has 1 atom stereocenters. The van der Waals surface area contributed by atoms with Gasteiger partial charge in [0.15, 0.2) is 0 Å². The van der Waals surface area contributed by atoms with Crippen LogP contribution < -0.4 is 0 Å². The van der Waals surface area contributed by atoms with Crippen LogP contribution >= 0.6 is 0 Å². The molecule has 0 aromatic carbocycles. The van der Waals surface area contributed by atoms with Crippen molar-refractivity contribution in [1.82, 2.24) is 0 Å². The monoisotopic (exact) mass is 224 g/mol. The molecule has 0 saturated carbocycles. The molecule has 1 aliphatic carbocycles. The maximum absolute atomic E-state index is 11.6. The summed E-state index contributed by atoms with van der Waals surface area (Å²) in [6, 6.07) is 0. The number of esters is 1. The average Bonchev–Trinajstić information content (AvgIpc) is 2.31. The van der Waals surface area contributed by atoms with Crippen LogP contribution in [0.2, 0.25) is 0 Å². The van der Waals surface area contributed by atoms with Gasteiger partial charge in [-0.05, 0) is 12.2 Å². The largest absolute Gasteiger partial charge is 0.421 e. The van der Waals surface area contributed by atoms with Gasteiger partial charge >= 0.3 is 5.97 Å². The predicted molar refractivity (Wildman–Crippen MR) is 54.4 cm³/mol. The van der Waals surface area contributed by atoms with E-state index in [2.05, 4.69) is 0 Å². The second-order valence-corrected chi connectivity index (χ2v) is 3.16. The van der Waals surface area contributed by atoms with E-state index >= 15 is 0 Å². The first kappa shape index (κ1) is 12.3. The molecule has 5 heteroatoms. The number of methoxy groups -OCH3 is 1. The summed E-state index contributed by atoms with van der Waals surface area (Å²) in [6.45, 7) is 1.60. The van der Waals surface area contributed by atoms with E-state index in [9.17, 15) is 14.4 Å². The highest BCUT2D eigenvalue weighted by atomic mass is 16.7. The highest BCUT2D eigenvalue weighted by molar-refractivity contribution is 6.03. The lowest BCUT2D eigenvalue weighted by molar-refractivity contribution is -0.200. The van der Waals surface area contributed by atoms with E-state index in [1.165, 1.54) is 19.3 Å². The lowest BCUT2D eigenvalue weighted by atomic mass is 10.0. The van der Waals surface area contributed by atoms with Crippen LogP contribution in [-0.2, 0) is 23.9 Å². The molecule has 0 spiro atoms. The van der Waals surface area contributed by atoms with E-state index in [4.69, 9.17) is 9.47 Å². The fourth-order valence-corrected chi connectivity index (χ4v) is 1.22. The summed E-state index contributed by atoms with van der Waals surface area (Å²) in [5, 5.41) is 0. The molecule has 0 bridgehead atoms. The van der Waals surface area contributed by atoms with Crippen LogP contribution in [0.5, 0.6) is 0 Å². The number of carbonyl (C=O) groups excluding carboxylic acids is 3.